The molecule has 0 unspecified atom stereocenters. The molecule has 3 rings (SSSR count). The second-order valence-corrected chi connectivity index (χ2v) is 6.57. The van der Waals surface area contributed by atoms with Crippen molar-refractivity contribution in [3.8, 4) is 17.1 Å². The molecule has 0 aliphatic heterocycles. The predicted octanol–water partition coefficient (Wildman–Crippen LogP) is 4.09. The molecule has 1 heterocycles. The SMILES string of the molecule is COc1cc(NC(=S)NC(=O)c2ccc(C)cc2)ccc1-c1ccc(C(=O)O)o1. The van der Waals surface area contributed by atoms with E-state index in [4.69, 9.17) is 26.5 Å². The van der Waals surface area contributed by atoms with Crippen LogP contribution in [0.3, 0.4) is 0 Å². The van der Waals surface area contributed by atoms with Crippen LogP contribution in [-0.2, 0) is 0 Å². The summed E-state index contributed by atoms with van der Waals surface area (Å²) >= 11 is 5.21. The van der Waals surface area contributed by atoms with Gasteiger partial charge in [0.25, 0.3) is 5.91 Å². The van der Waals surface area contributed by atoms with E-state index in [1.165, 1.54) is 13.2 Å². The number of ether oxygens (including phenoxy) is 1. The normalized spacial score (nSPS) is 10.3. The molecule has 3 N–H and O–H groups in total. The maximum atomic E-state index is 12.3. The van der Waals surface area contributed by atoms with Gasteiger partial charge in [-0.3, -0.25) is 10.1 Å². The number of hydrogen-bond donors (Lipinski definition) is 3. The van der Waals surface area contributed by atoms with E-state index in [0.29, 0.717) is 28.3 Å². The van der Waals surface area contributed by atoms with Crippen molar-refractivity contribution in [3.63, 3.8) is 0 Å². The molecule has 1 aromatic heterocycles. The van der Waals surface area contributed by atoms with Crippen LogP contribution in [-0.4, -0.2) is 29.2 Å². The highest BCUT2D eigenvalue weighted by molar-refractivity contribution is 7.80. The fourth-order valence-corrected chi connectivity index (χ4v) is 2.82. The first-order chi connectivity index (χ1) is 13.9. The Labute approximate surface area is 172 Å². The van der Waals surface area contributed by atoms with Crippen molar-refractivity contribution in [1.82, 2.24) is 5.32 Å². The summed E-state index contributed by atoms with van der Waals surface area (Å²) in [5, 5.41) is 14.7. The quantitative estimate of drug-likeness (QED) is 0.545. The number of anilines is 1. The van der Waals surface area contributed by atoms with Crippen LogP contribution in [0.4, 0.5) is 5.69 Å². The molecule has 0 aliphatic carbocycles. The van der Waals surface area contributed by atoms with Gasteiger partial charge in [-0.1, -0.05) is 17.7 Å². The van der Waals surface area contributed by atoms with E-state index in [9.17, 15) is 9.59 Å². The summed E-state index contributed by atoms with van der Waals surface area (Å²) < 4.78 is 10.7. The zero-order chi connectivity index (χ0) is 21.0. The molecule has 0 aliphatic rings. The molecule has 0 atom stereocenters. The molecule has 2 aromatic carbocycles. The van der Waals surface area contributed by atoms with Gasteiger partial charge < -0.3 is 19.6 Å². The Kier molecular flexibility index (Phi) is 5.94. The maximum absolute atomic E-state index is 12.3. The third kappa shape index (κ3) is 4.80. The van der Waals surface area contributed by atoms with Gasteiger partial charge in [-0.25, -0.2) is 4.79 Å². The van der Waals surface area contributed by atoms with Crippen LogP contribution >= 0.6 is 12.2 Å². The highest BCUT2D eigenvalue weighted by Crippen LogP contribution is 2.33. The van der Waals surface area contributed by atoms with Gasteiger partial charge in [-0.15, -0.1) is 0 Å². The highest BCUT2D eigenvalue weighted by atomic mass is 32.1. The monoisotopic (exact) mass is 410 g/mol. The summed E-state index contributed by atoms with van der Waals surface area (Å²) in [5.41, 5.74) is 2.73. The molecule has 0 saturated heterocycles. The predicted molar refractivity (Wildman–Crippen MR) is 113 cm³/mol. The highest BCUT2D eigenvalue weighted by Gasteiger charge is 2.15. The number of carboxylic acids is 1. The van der Waals surface area contributed by atoms with Crippen molar-refractivity contribution in [2.24, 2.45) is 0 Å². The second-order valence-electron chi connectivity index (χ2n) is 6.16. The molecule has 1 amide bonds. The summed E-state index contributed by atoms with van der Waals surface area (Å²) in [6.07, 6.45) is 0. The lowest BCUT2D eigenvalue weighted by Gasteiger charge is -2.12. The number of benzene rings is 2. The van der Waals surface area contributed by atoms with Crippen molar-refractivity contribution in [3.05, 3.63) is 71.5 Å². The number of hydrogen-bond acceptors (Lipinski definition) is 5. The number of methoxy groups -OCH3 is 1. The molecule has 0 fully saturated rings. The van der Waals surface area contributed by atoms with Crippen LogP contribution in [0.1, 0.15) is 26.5 Å². The molecule has 8 heteroatoms. The topological polar surface area (TPSA) is 101 Å². The number of carbonyl (C=O) groups excluding carboxylic acids is 1. The van der Waals surface area contributed by atoms with Gasteiger partial charge in [0.05, 0.1) is 12.7 Å². The van der Waals surface area contributed by atoms with Gasteiger partial charge in [-0.05, 0) is 55.5 Å². The molecule has 7 nitrogen and oxygen atoms in total. The largest absolute Gasteiger partial charge is 0.496 e. The minimum atomic E-state index is -1.15. The molecular weight excluding hydrogens is 392 g/mol. The third-order valence-electron chi connectivity index (χ3n) is 4.08. The van der Waals surface area contributed by atoms with Gasteiger partial charge in [0.1, 0.15) is 11.5 Å². The molecule has 29 heavy (non-hydrogen) atoms. The minimum Gasteiger partial charge on any atom is -0.496 e. The lowest BCUT2D eigenvalue weighted by atomic mass is 10.1. The average molecular weight is 410 g/mol. The first kappa shape index (κ1) is 20.1. The standard InChI is InChI=1S/C21H18N2O5S/c1-12-3-5-13(6-4-12)19(24)23-21(29)22-14-7-8-15(18(11-14)27-2)16-9-10-17(28-16)20(25)26/h3-11H,1-2H3,(H,25,26)(H2,22,23,24,29). The Morgan fingerprint density at radius 2 is 1.79 bits per heavy atom. The Morgan fingerprint density at radius 1 is 1.07 bits per heavy atom. The molecule has 3 aromatic rings. The molecule has 0 saturated carbocycles. The number of amides is 1. The van der Waals surface area contributed by atoms with Crippen molar-refractivity contribution in [2.75, 3.05) is 12.4 Å². The summed E-state index contributed by atoms with van der Waals surface area (Å²) in [5.74, 6) is -0.815. The van der Waals surface area contributed by atoms with Gasteiger partial charge in [-0.2, -0.15) is 0 Å². The fourth-order valence-electron chi connectivity index (χ4n) is 2.61. The van der Waals surface area contributed by atoms with Gasteiger partial charge >= 0.3 is 5.97 Å². The zero-order valence-electron chi connectivity index (χ0n) is 15.7. The van der Waals surface area contributed by atoms with Gasteiger partial charge in [0.15, 0.2) is 5.11 Å². The van der Waals surface area contributed by atoms with Crippen LogP contribution in [0, 0.1) is 6.92 Å². The minimum absolute atomic E-state index is 0.136. The van der Waals surface area contributed by atoms with Gasteiger partial charge in [0, 0.05) is 17.3 Å². The van der Waals surface area contributed by atoms with Crippen LogP contribution in [0.2, 0.25) is 0 Å². The first-order valence-corrected chi connectivity index (χ1v) is 8.98. The summed E-state index contributed by atoms with van der Waals surface area (Å²) in [7, 11) is 1.49. The van der Waals surface area contributed by atoms with E-state index in [2.05, 4.69) is 10.6 Å². The van der Waals surface area contributed by atoms with Crippen molar-refractivity contribution in [1.29, 1.82) is 0 Å². The molecule has 0 spiro atoms. The average Bonchev–Trinajstić information content (AvgIpc) is 3.18. The molecule has 0 radical (unpaired) electrons. The number of nitrogens with one attached hydrogen (secondary N) is 2. The lowest BCUT2D eigenvalue weighted by Crippen LogP contribution is -2.34. The smallest absolute Gasteiger partial charge is 0.371 e. The Balaban J connectivity index is 1.72. The summed E-state index contributed by atoms with van der Waals surface area (Å²) in [6.45, 7) is 1.94. The van der Waals surface area contributed by atoms with E-state index >= 15 is 0 Å². The van der Waals surface area contributed by atoms with E-state index in [0.717, 1.165) is 5.56 Å². The number of carbonyl (C=O) groups is 2. The summed E-state index contributed by atoms with van der Waals surface area (Å²) in [4.78, 5) is 23.3. The van der Waals surface area contributed by atoms with Crippen molar-refractivity contribution < 1.29 is 23.8 Å². The second kappa shape index (κ2) is 8.57. The van der Waals surface area contributed by atoms with Crippen LogP contribution in [0.25, 0.3) is 11.3 Å². The van der Waals surface area contributed by atoms with Crippen LogP contribution in [0.5, 0.6) is 5.75 Å². The van der Waals surface area contributed by atoms with E-state index in [1.807, 2.05) is 19.1 Å². The Bertz CT molecular complexity index is 1070. The molecular formula is C21H18N2O5S. The van der Waals surface area contributed by atoms with E-state index < -0.39 is 5.97 Å². The van der Waals surface area contributed by atoms with Crippen molar-refractivity contribution >= 4 is 34.9 Å². The molecule has 148 valence electrons. The zero-order valence-corrected chi connectivity index (χ0v) is 16.5. The van der Waals surface area contributed by atoms with Crippen LogP contribution < -0.4 is 15.4 Å². The van der Waals surface area contributed by atoms with Crippen LogP contribution in [0.15, 0.2) is 59.0 Å². The third-order valence-corrected chi connectivity index (χ3v) is 4.29. The van der Waals surface area contributed by atoms with Crippen molar-refractivity contribution in [2.45, 2.75) is 6.92 Å². The summed E-state index contributed by atoms with van der Waals surface area (Å²) in [6, 6.07) is 15.2. The number of thiocarbonyl (C=S) groups is 1. The Hall–Kier alpha value is -3.65. The number of aromatic carboxylic acids is 1. The maximum Gasteiger partial charge on any atom is 0.371 e. The van der Waals surface area contributed by atoms with E-state index in [-0.39, 0.29) is 16.8 Å². The fraction of sp³-hybridized carbons (Fsp3) is 0.0952. The lowest BCUT2D eigenvalue weighted by molar-refractivity contribution is 0.0663. The number of furan rings is 1. The molecule has 0 bridgehead atoms. The van der Waals surface area contributed by atoms with E-state index in [1.54, 1.807) is 36.4 Å². The first-order valence-electron chi connectivity index (χ1n) is 8.58. The van der Waals surface area contributed by atoms with Gasteiger partial charge in [0.2, 0.25) is 5.76 Å². The Morgan fingerprint density at radius 3 is 2.41 bits per heavy atom. The number of rotatable bonds is 5. The number of aryl methyl sites for hydroxylation is 1. The number of carboxylic acid groups (broad SMARTS) is 1.